The molecular formula is C12H22F3N. The molecule has 0 aromatic rings. The average molecular weight is 237 g/mol. The van der Waals surface area contributed by atoms with Crippen LogP contribution in [0.5, 0.6) is 0 Å². The van der Waals surface area contributed by atoms with Crippen molar-refractivity contribution >= 4 is 0 Å². The van der Waals surface area contributed by atoms with Gasteiger partial charge < -0.3 is 5.32 Å². The molecule has 0 unspecified atom stereocenters. The second-order valence-electron chi connectivity index (χ2n) is 4.86. The van der Waals surface area contributed by atoms with Crippen LogP contribution in [0.1, 0.15) is 45.4 Å². The topological polar surface area (TPSA) is 12.0 Å². The second kappa shape index (κ2) is 6.48. The van der Waals surface area contributed by atoms with E-state index in [2.05, 4.69) is 12.2 Å². The molecule has 1 aliphatic rings. The van der Waals surface area contributed by atoms with Gasteiger partial charge in [-0.05, 0) is 31.2 Å². The van der Waals surface area contributed by atoms with E-state index in [9.17, 15) is 13.2 Å². The van der Waals surface area contributed by atoms with Crippen LogP contribution < -0.4 is 5.32 Å². The minimum Gasteiger partial charge on any atom is -0.316 e. The van der Waals surface area contributed by atoms with Gasteiger partial charge >= 0.3 is 6.18 Å². The van der Waals surface area contributed by atoms with Crippen molar-refractivity contribution in [2.45, 2.75) is 51.6 Å². The minimum absolute atomic E-state index is 0.0667. The number of alkyl halides is 3. The molecule has 0 aromatic carbocycles. The van der Waals surface area contributed by atoms with Crippen LogP contribution in [0.3, 0.4) is 0 Å². The average Bonchev–Trinajstić information content (AvgIpc) is 2.24. The molecular weight excluding hydrogens is 215 g/mol. The maximum absolute atomic E-state index is 11.9. The Balaban J connectivity index is 2.02. The number of nitrogens with one attached hydrogen (secondary N) is 1. The fourth-order valence-electron chi connectivity index (χ4n) is 2.38. The molecule has 0 bridgehead atoms. The molecule has 0 radical (unpaired) electrons. The van der Waals surface area contributed by atoms with E-state index >= 15 is 0 Å². The van der Waals surface area contributed by atoms with Crippen LogP contribution in [0.4, 0.5) is 13.2 Å². The molecule has 1 fully saturated rings. The third-order valence-electron chi connectivity index (χ3n) is 3.56. The summed E-state index contributed by atoms with van der Waals surface area (Å²) < 4.78 is 35.6. The van der Waals surface area contributed by atoms with Crippen LogP contribution in [0, 0.1) is 11.8 Å². The number of hydrogen-bond acceptors (Lipinski definition) is 1. The molecule has 1 saturated carbocycles. The van der Waals surface area contributed by atoms with Gasteiger partial charge in [0, 0.05) is 6.54 Å². The Hall–Kier alpha value is -0.250. The lowest BCUT2D eigenvalue weighted by Crippen LogP contribution is -2.29. The molecule has 0 amide bonds. The van der Waals surface area contributed by atoms with E-state index in [1.807, 2.05) is 0 Å². The van der Waals surface area contributed by atoms with Crippen molar-refractivity contribution in [1.29, 1.82) is 0 Å². The lowest BCUT2D eigenvalue weighted by Gasteiger charge is -2.27. The molecule has 1 aliphatic carbocycles. The maximum atomic E-state index is 11.9. The Kier molecular flexibility index (Phi) is 5.59. The summed E-state index contributed by atoms with van der Waals surface area (Å²) >= 11 is 0. The molecule has 0 aliphatic heterocycles. The van der Waals surface area contributed by atoms with Crippen molar-refractivity contribution < 1.29 is 13.2 Å². The third-order valence-corrected chi connectivity index (χ3v) is 3.56. The largest absolute Gasteiger partial charge is 0.390 e. The minimum atomic E-state index is -4.02. The van der Waals surface area contributed by atoms with Crippen molar-refractivity contribution in [2.75, 3.05) is 13.1 Å². The fraction of sp³-hybridized carbons (Fsp3) is 1.00. The maximum Gasteiger partial charge on any atom is 0.390 e. The van der Waals surface area contributed by atoms with Gasteiger partial charge in [-0.25, -0.2) is 0 Å². The molecule has 0 atom stereocenters. The summed E-state index contributed by atoms with van der Waals surface area (Å²) in [6.45, 7) is 3.04. The van der Waals surface area contributed by atoms with E-state index in [0.717, 1.165) is 12.5 Å². The molecule has 0 spiro atoms. The van der Waals surface area contributed by atoms with Gasteiger partial charge in [-0.1, -0.05) is 26.2 Å². The van der Waals surface area contributed by atoms with Crippen LogP contribution in [0.15, 0.2) is 0 Å². The summed E-state index contributed by atoms with van der Waals surface area (Å²) in [4.78, 5) is 0. The van der Waals surface area contributed by atoms with Crippen molar-refractivity contribution in [2.24, 2.45) is 11.8 Å². The van der Waals surface area contributed by atoms with E-state index in [1.54, 1.807) is 0 Å². The predicted molar refractivity (Wildman–Crippen MR) is 59.3 cm³/mol. The summed E-state index contributed by atoms with van der Waals surface area (Å²) in [6, 6.07) is 0. The van der Waals surface area contributed by atoms with Crippen molar-refractivity contribution in [3.05, 3.63) is 0 Å². The zero-order valence-electron chi connectivity index (χ0n) is 9.95. The van der Waals surface area contributed by atoms with Crippen LogP contribution in [0.25, 0.3) is 0 Å². The number of rotatable bonds is 5. The highest BCUT2D eigenvalue weighted by Crippen LogP contribution is 2.30. The Morgan fingerprint density at radius 2 is 1.62 bits per heavy atom. The standard InChI is InChI=1S/C12H22F3N/c1-2-10-3-5-11(6-4-10)9-16-8-7-12(13,14)15/h10-11,16H,2-9H2,1H3. The zero-order valence-corrected chi connectivity index (χ0v) is 9.95. The Morgan fingerprint density at radius 1 is 1.06 bits per heavy atom. The van der Waals surface area contributed by atoms with Gasteiger partial charge in [-0.2, -0.15) is 13.2 Å². The van der Waals surface area contributed by atoms with Gasteiger partial charge in [0.25, 0.3) is 0 Å². The van der Waals surface area contributed by atoms with Crippen molar-refractivity contribution in [3.8, 4) is 0 Å². The van der Waals surface area contributed by atoms with Crippen LogP contribution in [-0.2, 0) is 0 Å². The monoisotopic (exact) mass is 237 g/mol. The van der Waals surface area contributed by atoms with E-state index in [1.165, 1.54) is 32.1 Å². The lowest BCUT2D eigenvalue weighted by molar-refractivity contribution is -0.133. The van der Waals surface area contributed by atoms with Crippen LogP contribution in [-0.4, -0.2) is 19.3 Å². The SMILES string of the molecule is CCC1CCC(CNCCC(F)(F)F)CC1. The van der Waals surface area contributed by atoms with Gasteiger partial charge in [0.15, 0.2) is 0 Å². The van der Waals surface area contributed by atoms with Gasteiger partial charge in [0.2, 0.25) is 0 Å². The van der Waals surface area contributed by atoms with E-state index in [-0.39, 0.29) is 6.54 Å². The Labute approximate surface area is 95.8 Å². The van der Waals surface area contributed by atoms with E-state index < -0.39 is 12.6 Å². The van der Waals surface area contributed by atoms with E-state index in [0.29, 0.717) is 5.92 Å². The van der Waals surface area contributed by atoms with Gasteiger partial charge in [0.05, 0.1) is 6.42 Å². The molecule has 0 heterocycles. The zero-order chi connectivity index (χ0) is 12.0. The van der Waals surface area contributed by atoms with Gasteiger partial charge in [0.1, 0.15) is 0 Å². The summed E-state index contributed by atoms with van der Waals surface area (Å²) in [5.74, 6) is 1.45. The number of halogens is 3. The quantitative estimate of drug-likeness (QED) is 0.718. The van der Waals surface area contributed by atoms with E-state index in [4.69, 9.17) is 0 Å². The lowest BCUT2D eigenvalue weighted by atomic mass is 9.81. The summed E-state index contributed by atoms with van der Waals surface area (Å²) in [5.41, 5.74) is 0. The molecule has 1 N–H and O–H groups in total. The molecule has 0 aromatic heterocycles. The summed E-state index contributed by atoms with van der Waals surface area (Å²) in [7, 11) is 0. The highest BCUT2D eigenvalue weighted by molar-refractivity contribution is 4.73. The van der Waals surface area contributed by atoms with Crippen molar-refractivity contribution in [3.63, 3.8) is 0 Å². The van der Waals surface area contributed by atoms with Gasteiger partial charge in [-0.3, -0.25) is 0 Å². The first-order chi connectivity index (χ1) is 7.51. The number of hydrogen-bond donors (Lipinski definition) is 1. The third kappa shape index (κ3) is 5.73. The highest BCUT2D eigenvalue weighted by Gasteiger charge is 2.26. The second-order valence-corrected chi connectivity index (χ2v) is 4.86. The fourth-order valence-corrected chi connectivity index (χ4v) is 2.38. The molecule has 96 valence electrons. The first-order valence-corrected chi connectivity index (χ1v) is 6.28. The smallest absolute Gasteiger partial charge is 0.316 e. The van der Waals surface area contributed by atoms with Crippen LogP contribution in [0.2, 0.25) is 0 Å². The predicted octanol–water partition coefficient (Wildman–Crippen LogP) is 3.74. The molecule has 1 rings (SSSR count). The van der Waals surface area contributed by atoms with Crippen molar-refractivity contribution in [1.82, 2.24) is 5.32 Å². The molecule has 1 nitrogen and oxygen atoms in total. The van der Waals surface area contributed by atoms with Gasteiger partial charge in [-0.15, -0.1) is 0 Å². The molecule has 16 heavy (non-hydrogen) atoms. The molecule has 0 saturated heterocycles. The molecule has 4 heteroatoms. The summed E-state index contributed by atoms with van der Waals surface area (Å²) in [6.07, 6.45) is 1.37. The first kappa shape index (κ1) is 13.8. The Morgan fingerprint density at radius 3 is 2.12 bits per heavy atom. The Bertz CT molecular complexity index is 183. The van der Waals surface area contributed by atoms with Crippen LogP contribution >= 0.6 is 0 Å². The normalized spacial score (nSPS) is 27.0. The summed E-state index contributed by atoms with van der Waals surface area (Å²) in [5, 5.41) is 2.92. The first-order valence-electron chi connectivity index (χ1n) is 6.28. The highest BCUT2D eigenvalue weighted by atomic mass is 19.4.